The van der Waals surface area contributed by atoms with Crippen LogP contribution < -0.4 is 4.74 Å². The molecule has 0 aliphatic heterocycles. The first kappa shape index (κ1) is 19.2. The molecule has 0 amide bonds. The molecule has 3 rings (SSSR count). The molecule has 0 saturated heterocycles. The third-order valence-electron chi connectivity index (χ3n) is 4.09. The molecule has 2 heterocycles. The van der Waals surface area contributed by atoms with Crippen molar-refractivity contribution in [3.63, 3.8) is 0 Å². The number of ether oxygens (including phenoxy) is 1. The Morgan fingerprint density at radius 1 is 1.15 bits per heavy atom. The Hall–Kier alpha value is -1.59. The Kier molecular flexibility index (Phi) is 7.32. The highest BCUT2D eigenvalue weighted by Gasteiger charge is 2.06. The second-order valence-electron chi connectivity index (χ2n) is 5.94. The summed E-state index contributed by atoms with van der Waals surface area (Å²) in [6.07, 6.45) is 1.97. The molecule has 3 aromatic rings. The zero-order valence-electron chi connectivity index (χ0n) is 14.7. The van der Waals surface area contributed by atoms with E-state index in [2.05, 4.69) is 58.3 Å². The van der Waals surface area contributed by atoms with Crippen molar-refractivity contribution in [2.75, 3.05) is 13.1 Å². The fourth-order valence-corrected chi connectivity index (χ4v) is 4.23. The van der Waals surface area contributed by atoms with Crippen LogP contribution in [0.2, 0.25) is 0 Å². The van der Waals surface area contributed by atoms with Crippen molar-refractivity contribution in [3.05, 3.63) is 74.6 Å². The van der Waals surface area contributed by atoms with Gasteiger partial charge in [-0.15, -0.1) is 11.3 Å². The van der Waals surface area contributed by atoms with Gasteiger partial charge in [-0.2, -0.15) is 11.3 Å². The molecule has 136 valence electrons. The number of thiophene rings is 2. The zero-order chi connectivity index (χ0) is 18.2. The standard InChI is InChI=1S/C21H22ClNOS2/c1-2-23(9-4-8-22)13-17-5-3-6-20(11-17)24-14-21-12-19(16-26-21)18-7-10-25-15-18/h3-8,10-12,15-16H,2,9,13-14H2,1H3/b8-4+. The summed E-state index contributed by atoms with van der Waals surface area (Å²) >= 11 is 9.11. The minimum Gasteiger partial charge on any atom is -0.488 e. The molecule has 2 aromatic heterocycles. The molecule has 0 bridgehead atoms. The SMILES string of the molecule is CCN(C/C=C/Cl)Cc1cccc(OCc2cc(-c3ccsc3)cs2)c1. The summed E-state index contributed by atoms with van der Waals surface area (Å²) in [4.78, 5) is 3.56. The third kappa shape index (κ3) is 5.45. The van der Waals surface area contributed by atoms with E-state index in [0.29, 0.717) is 6.61 Å². The predicted octanol–water partition coefficient (Wildman–Crippen LogP) is 6.63. The van der Waals surface area contributed by atoms with E-state index >= 15 is 0 Å². The summed E-state index contributed by atoms with van der Waals surface area (Å²) < 4.78 is 6.02. The van der Waals surface area contributed by atoms with Crippen molar-refractivity contribution in [2.24, 2.45) is 0 Å². The number of likely N-dealkylation sites (N-methyl/N-ethyl adjacent to an activating group) is 1. The second kappa shape index (κ2) is 9.93. The van der Waals surface area contributed by atoms with Crippen LogP contribution in [0.25, 0.3) is 11.1 Å². The normalized spacial score (nSPS) is 11.5. The predicted molar refractivity (Wildman–Crippen MR) is 114 cm³/mol. The zero-order valence-corrected chi connectivity index (χ0v) is 17.1. The number of nitrogens with zero attached hydrogens (tertiary/aromatic N) is 1. The van der Waals surface area contributed by atoms with E-state index in [0.717, 1.165) is 25.4 Å². The molecule has 0 aliphatic rings. The molecule has 0 fully saturated rings. The number of benzene rings is 1. The smallest absolute Gasteiger partial charge is 0.122 e. The lowest BCUT2D eigenvalue weighted by Crippen LogP contribution is -2.22. The minimum absolute atomic E-state index is 0.602. The van der Waals surface area contributed by atoms with E-state index in [4.69, 9.17) is 16.3 Å². The molecule has 0 aliphatic carbocycles. The highest BCUT2D eigenvalue weighted by Crippen LogP contribution is 2.28. The summed E-state index contributed by atoms with van der Waals surface area (Å²) in [6.45, 7) is 5.48. The summed E-state index contributed by atoms with van der Waals surface area (Å²) in [5.41, 5.74) is 5.38. The quantitative estimate of drug-likeness (QED) is 0.397. The van der Waals surface area contributed by atoms with Crippen molar-refractivity contribution in [1.29, 1.82) is 0 Å². The summed E-state index contributed by atoms with van der Waals surface area (Å²) in [5, 5.41) is 6.48. The van der Waals surface area contributed by atoms with Crippen LogP contribution >= 0.6 is 34.3 Å². The topological polar surface area (TPSA) is 12.5 Å². The van der Waals surface area contributed by atoms with Crippen LogP contribution in [0.15, 0.2) is 64.1 Å². The van der Waals surface area contributed by atoms with Gasteiger partial charge in [0.2, 0.25) is 0 Å². The van der Waals surface area contributed by atoms with Gasteiger partial charge in [-0.25, -0.2) is 0 Å². The number of hydrogen-bond donors (Lipinski definition) is 0. The first-order valence-electron chi connectivity index (χ1n) is 8.57. The van der Waals surface area contributed by atoms with E-state index in [1.54, 1.807) is 28.2 Å². The van der Waals surface area contributed by atoms with Crippen LogP contribution in [0.5, 0.6) is 5.75 Å². The van der Waals surface area contributed by atoms with Crippen LogP contribution in [0.3, 0.4) is 0 Å². The van der Waals surface area contributed by atoms with E-state index in [1.807, 2.05) is 12.1 Å². The van der Waals surface area contributed by atoms with Crippen LogP contribution in [-0.2, 0) is 13.2 Å². The van der Waals surface area contributed by atoms with Gasteiger partial charge in [0.25, 0.3) is 0 Å². The highest BCUT2D eigenvalue weighted by atomic mass is 35.5. The van der Waals surface area contributed by atoms with Gasteiger partial charge in [0.1, 0.15) is 12.4 Å². The van der Waals surface area contributed by atoms with Gasteiger partial charge in [-0.1, -0.05) is 36.7 Å². The summed E-state index contributed by atoms with van der Waals surface area (Å²) in [5.74, 6) is 0.914. The van der Waals surface area contributed by atoms with Crippen molar-refractivity contribution in [2.45, 2.75) is 20.1 Å². The maximum Gasteiger partial charge on any atom is 0.122 e. The fourth-order valence-electron chi connectivity index (χ4n) is 2.68. The fraction of sp³-hybridized carbons (Fsp3) is 0.238. The van der Waals surface area contributed by atoms with Gasteiger partial charge in [-0.05, 0) is 63.6 Å². The van der Waals surface area contributed by atoms with Gasteiger partial charge in [0.15, 0.2) is 0 Å². The molecule has 0 radical (unpaired) electrons. The third-order valence-corrected chi connectivity index (χ3v) is 5.87. The van der Waals surface area contributed by atoms with Gasteiger partial charge < -0.3 is 4.74 Å². The lowest BCUT2D eigenvalue weighted by molar-refractivity contribution is 0.301. The van der Waals surface area contributed by atoms with Crippen molar-refractivity contribution in [1.82, 2.24) is 4.90 Å². The first-order valence-corrected chi connectivity index (χ1v) is 10.8. The molecule has 0 atom stereocenters. The molecule has 0 saturated carbocycles. The second-order valence-corrected chi connectivity index (χ2v) is 7.97. The lowest BCUT2D eigenvalue weighted by Gasteiger charge is -2.18. The van der Waals surface area contributed by atoms with Gasteiger partial charge in [0, 0.05) is 23.5 Å². The summed E-state index contributed by atoms with van der Waals surface area (Å²) in [6, 6.07) is 12.7. The van der Waals surface area contributed by atoms with E-state index in [9.17, 15) is 0 Å². The molecular formula is C21H22ClNOS2. The molecule has 0 unspecified atom stereocenters. The average molecular weight is 404 g/mol. The first-order chi connectivity index (χ1) is 12.8. The van der Waals surface area contributed by atoms with Crippen LogP contribution in [0.4, 0.5) is 0 Å². The number of hydrogen-bond acceptors (Lipinski definition) is 4. The highest BCUT2D eigenvalue weighted by molar-refractivity contribution is 7.10. The monoisotopic (exact) mass is 403 g/mol. The Bertz CT molecular complexity index is 826. The van der Waals surface area contributed by atoms with Gasteiger partial charge in [-0.3, -0.25) is 4.90 Å². The number of halogens is 1. The molecule has 5 heteroatoms. The van der Waals surface area contributed by atoms with E-state index in [1.165, 1.54) is 21.6 Å². The number of rotatable bonds is 9. The van der Waals surface area contributed by atoms with Gasteiger partial charge in [0.05, 0.1) is 0 Å². The van der Waals surface area contributed by atoms with Crippen molar-refractivity contribution in [3.8, 4) is 16.9 Å². The maximum atomic E-state index is 6.02. The Labute approximate surface area is 168 Å². The van der Waals surface area contributed by atoms with Crippen LogP contribution in [0, 0.1) is 0 Å². The molecule has 0 N–H and O–H groups in total. The molecule has 0 spiro atoms. The Morgan fingerprint density at radius 3 is 2.85 bits per heavy atom. The largest absolute Gasteiger partial charge is 0.488 e. The molecule has 26 heavy (non-hydrogen) atoms. The summed E-state index contributed by atoms with van der Waals surface area (Å²) in [7, 11) is 0. The minimum atomic E-state index is 0.602. The van der Waals surface area contributed by atoms with Gasteiger partial charge >= 0.3 is 0 Å². The Balaban J connectivity index is 1.58. The maximum absolute atomic E-state index is 6.02. The van der Waals surface area contributed by atoms with Crippen LogP contribution in [-0.4, -0.2) is 18.0 Å². The molecule has 1 aromatic carbocycles. The van der Waals surface area contributed by atoms with E-state index in [-0.39, 0.29) is 0 Å². The lowest BCUT2D eigenvalue weighted by atomic mass is 10.2. The van der Waals surface area contributed by atoms with Crippen molar-refractivity contribution >= 4 is 34.3 Å². The molecular weight excluding hydrogens is 382 g/mol. The molecule has 2 nitrogen and oxygen atoms in total. The van der Waals surface area contributed by atoms with Crippen LogP contribution in [0.1, 0.15) is 17.4 Å². The van der Waals surface area contributed by atoms with Crippen molar-refractivity contribution < 1.29 is 4.74 Å². The average Bonchev–Trinajstić information content (AvgIpc) is 3.35. The van der Waals surface area contributed by atoms with E-state index < -0.39 is 0 Å². The Morgan fingerprint density at radius 2 is 2.08 bits per heavy atom.